The van der Waals surface area contributed by atoms with Gasteiger partial charge in [-0.1, -0.05) is 11.6 Å². The molecular formula is C10H7ClO3. The van der Waals surface area contributed by atoms with Crippen LogP contribution in [0.1, 0.15) is 12.0 Å². The van der Waals surface area contributed by atoms with E-state index in [0.29, 0.717) is 11.3 Å². The zero-order valence-electron chi connectivity index (χ0n) is 7.16. The molecule has 0 spiro atoms. The number of fused-ring (bicyclic) bond motifs is 1. The summed E-state index contributed by atoms with van der Waals surface area (Å²) >= 11 is 5.58. The van der Waals surface area contributed by atoms with Crippen molar-refractivity contribution in [2.45, 2.75) is 6.42 Å². The van der Waals surface area contributed by atoms with Crippen molar-refractivity contribution in [2.75, 3.05) is 0 Å². The molecule has 1 aliphatic rings. The van der Waals surface area contributed by atoms with E-state index in [0.717, 1.165) is 5.56 Å². The minimum atomic E-state index is -0.366. The molecule has 0 unspecified atom stereocenters. The second kappa shape index (κ2) is 3.35. The highest BCUT2D eigenvalue weighted by atomic mass is 35.5. The highest BCUT2D eigenvalue weighted by Gasteiger charge is 2.21. The first kappa shape index (κ1) is 9.09. The Morgan fingerprint density at radius 1 is 1.50 bits per heavy atom. The zero-order valence-corrected chi connectivity index (χ0v) is 7.91. The molecule has 0 radical (unpaired) electrons. The largest absolute Gasteiger partial charge is 0.508 e. The number of hydrogen-bond donors (Lipinski definition) is 1. The van der Waals surface area contributed by atoms with E-state index in [1.54, 1.807) is 6.07 Å². The quantitative estimate of drug-likeness (QED) is 0.528. The van der Waals surface area contributed by atoms with Crippen LogP contribution in [0, 0.1) is 0 Å². The summed E-state index contributed by atoms with van der Waals surface area (Å²) in [5.74, 6) is 0.0514. The molecule has 1 N–H and O–H groups in total. The number of carbonyl (C=O) groups excluding carboxylic acids is 1. The van der Waals surface area contributed by atoms with Gasteiger partial charge in [-0.05, 0) is 17.7 Å². The monoisotopic (exact) mass is 210 g/mol. The molecule has 0 saturated heterocycles. The Labute approximate surface area is 85.6 Å². The Balaban J connectivity index is 2.57. The molecule has 0 amide bonds. The van der Waals surface area contributed by atoms with E-state index in [1.807, 2.05) is 0 Å². The van der Waals surface area contributed by atoms with Gasteiger partial charge in [0.25, 0.3) is 0 Å². The van der Waals surface area contributed by atoms with Crippen LogP contribution in [0.4, 0.5) is 0 Å². The molecule has 0 fully saturated rings. The average molecular weight is 211 g/mol. The Bertz CT molecular complexity index is 423. The summed E-state index contributed by atoms with van der Waals surface area (Å²) < 4.78 is 4.95. The molecular weight excluding hydrogens is 204 g/mol. The Kier molecular flexibility index (Phi) is 2.17. The Morgan fingerprint density at radius 2 is 2.29 bits per heavy atom. The van der Waals surface area contributed by atoms with Gasteiger partial charge in [-0.2, -0.15) is 0 Å². The molecule has 0 atom stereocenters. The third kappa shape index (κ3) is 1.46. The summed E-state index contributed by atoms with van der Waals surface area (Å²) in [5.41, 5.74) is 2.81. The molecule has 1 aromatic carbocycles. The lowest BCUT2D eigenvalue weighted by Crippen LogP contribution is -2.14. The summed E-state index contributed by atoms with van der Waals surface area (Å²) in [6.07, 6.45) is 0.168. The van der Waals surface area contributed by atoms with E-state index >= 15 is 0 Å². The molecule has 1 heterocycles. The minimum Gasteiger partial charge on any atom is -0.508 e. The van der Waals surface area contributed by atoms with Gasteiger partial charge < -0.3 is 9.84 Å². The highest BCUT2D eigenvalue weighted by Crippen LogP contribution is 2.35. The van der Waals surface area contributed by atoms with Crippen LogP contribution in [-0.4, -0.2) is 11.1 Å². The lowest BCUT2D eigenvalue weighted by Gasteiger charge is -2.17. The van der Waals surface area contributed by atoms with Crippen LogP contribution < -0.4 is 4.74 Å². The van der Waals surface area contributed by atoms with E-state index in [1.165, 1.54) is 17.7 Å². The summed E-state index contributed by atoms with van der Waals surface area (Å²) in [7, 11) is 0. The van der Waals surface area contributed by atoms with Crippen molar-refractivity contribution in [1.82, 2.24) is 0 Å². The van der Waals surface area contributed by atoms with Crippen molar-refractivity contribution in [1.29, 1.82) is 0 Å². The van der Waals surface area contributed by atoms with Crippen molar-refractivity contribution in [3.8, 4) is 11.5 Å². The third-order valence-corrected chi connectivity index (χ3v) is 2.26. The first-order valence-corrected chi connectivity index (χ1v) is 4.47. The van der Waals surface area contributed by atoms with E-state index in [2.05, 4.69) is 0 Å². The molecule has 0 aromatic heterocycles. The van der Waals surface area contributed by atoms with Gasteiger partial charge in [0.15, 0.2) is 0 Å². The van der Waals surface area contributed by atoms with Gasteiger partial charge in [0.1, 0.15) is 11.5 Å². The van der Waals surface area contributed by atoms with Crippen molar-refractivity contribution in [2.24, 2.45) is 0 Å². The van der Waals surface area contributed by atoms with E-state index in [4.69, 9.17) is 16.3 Å². The Morgan fingerprint density at radius 3 is 3.00 bits per heavy atom. The molecule has 3 nitrogen and oxygen atoms in total. The molecule has 14 heavy (non-hydrogen) atoms. The number of phenolic OH excluding ortho intramolecular Hbond substituents is 1. The standard InChI is InChI=1S/C10H7ClO3/c11-5-6-3-10(13)14-9-4-7(12)1-2-8(6)9/h1-2,4-5,12H,3H2. The number of aromatic hydroxyl groups is 1. The number of halogens is 1. The zero-order chi connectivity index (χ0) is 10.1. The van der Waals surface area contributed by atoms with Gasteiger partial charge in [-0.25, -0.2) is 0 Å². The normalized spacial score (nSPS) is 17.8. The van der Waals surface area contributed by atoms with Crippen molar-refractivity contribution in [3.63, 3.8) is 0 Å². The van der Waals surface area contributed by atoms with Crippen molar-refractivity contribution >= 4 is 23.1 Å². The van der Waals surface area contributed by atoms with Gasteiger partial charge in [-0.3, -0.25) is 4.79 Å². The number of ether oxygens (including phenoxy) is 1. The molecule has 1 aliphatic heterocycles. The smallest absolute Gasteiger partial charge is 0.315 e. The van der Waals surface area contributed by atoms with Crippen LogP contribution in [0.5, 0.6) is 11.5 Å². The SMILES string of the molecule is O=C1CC(=CCl)c2ccc(O)cc2O1. The van der Waals surface area contributed by atoms with Crippen LogP contribution in [0.2, 0.25) is 0 Å². The molecule has 0 bridgehead atoms. The Hall–Kier alpha value is -1.48. The molecule has 2 rings (SSSR count). The third-order valence-electron chi connectivity index (χ3n) is 2.00. The summed E-state index contributed by atoms with van der Waals surface area (Å²) in [4.78, 5) is 11.1. The molecule has 4 heteroatoms. The van der Waals surface area contributed by atoms with Gasteiger partial charge in [-0.15, -0.1) is 0 Å². The number of carbonyl (C=O) groups is 1. The maximum atomic E-state index is 11.1. The van der Waals surface area contributed by atoms with Crippen molar-refractivity contribution < 1.29 is 14.6 Å². The van der Waals surface area contributed by atoms with E-state index in [9.17, 15) is 9.90 Å². The fourth-order valence-electron chi connectivity index (χ4n) is 1.37. The van der Waals surface area contributed by atoms with E-state index < -0.39 is 0 Å². The molecule has 0 aliphatic carbocycles. The average Bonchev–Trinajstić information content (AvgIpc) is 2.15. The second-order valence-corrected chi connectivity index (χ2v) is 3.18. The number of benzene rings is 1. The van der Waals surface area contributed by atoms with Crippen LogP contribution in [0.3, 0.4) is 0 Å². The maximum Gasteiger partial charge on any atom is 0.315 e. The summed E-state index contributed by atoms with van der Waals surface area (Å²) in [6, 6.07) is 4.59. The van der Waals surface area contributed by atoms with Gasteiger partial charge in [0.2, 0.25) is 0 Å². The lowest BCUT2D eigenvalue weighted by atomic mass is 10.0. The predicted molar refractivity (Wildman–Crippen MR) is 52.2 cm³/mol. The summed E-state index contributed by atoms with van der Waals surface area (Å²) in [5, 5.41) is 9.19. The first-order chi connectivity index (χ1) is 6.70. The van der Waals surface area contributed by atoms with Crippen LogP contribution in [0.15, 0.2) is 23.7 Å². The second-order valence-electron chi connectivity index (χ2n) is 2.97. The molecule has 72 valence electrons. The highest BCUT2D eigenvalue weighted by molar-refractivity contribution is 6.28. The van der Waals surface area contributed by atoms with Crippen LogP contribution in [-0.2, 0) is 4.79 Å². The van der Waals surface area contributed by atoms with Crippen molar-refractivity contribution in [3.05, 3.63) is 29.3 Å². The first-order valence-electron chi connectivity index (χ1n) is 4.04. The van der Waals surface area contributed by atoms with Gasteiger partial charge >= 0.3 is 5.97 Å². The predicted octanol–water partition coefficient (Wildman–Crippen LogP) is 2.28. The van der Waals surface area contributed by atoms with E-state index in [-0.39, 0.29) is 18.1 Å². The van der Waals surface area contributed by atoms with Gasteiger partial charge in [0.05, 0.1) is 6.42 Å². The fourth-order valence-corrected chi connectivity index (χ4v) is 1.56. The number of hydrogen-bond acceptors (Lipinski definition) is 3. The summed E-state index contributed by atoms with van der Waals surface area (Å²) in [6.45, 7) is 0. The molecule has 1 aromatic rings. The number of rotatable bonds is 0. The molecule has 0 saturated carbocycles. The fraction of sp³-hybridized carbons (Fsp3) is 0.100. The number of phenols is 1. The number of esters is 1. The minimum absolute atomic E-state index is 0.0624. The van der Waals surface area contributed by atoms with Gasteiger partial charge in [0, 0.05) is 17.2 Å². The topological polar surface area (TPSA) is 46.5 Å². The maximum absolute atomic E-state index is 11.1. The van der Waals surface area contributed by atoms with Crippen LogP contribution >= 0.6 is 11.6 Å². The van der Waals surface area contributed by atoms with Crippen LogP contribution in [0.25, 0.3) is 5.57 Å². The lowest BCUT2D eigenvalue weighted by molar-refractivity contribution is -0.133.